The quantitative estimate of drug-likeness (QED) is 0.790. The Morgan fingerprint density at radius 3 is 2.45 bits per heavy atom. The third-order valence-corrected chi connectivity index (χ3v) is 3.32. The van der Waals surface area contributed by atoms with Crippen molar-refractivity contribution in [2.45, 2.75) is 20.8 Å². The number of Topliss-reactive ketones (excluding diaryl/α,β-unsaturated/α-hetero) is 2. The highest BCUT2D eigenvalue weighted by molar-refractivity contribution is 6.52. The van der Waals surface area contributed by atoms with E-state index in [0.717, 1.165) is 0 Å². The first-order chi connectivity index (χ1) is 9.25. The van der Waals surface area contributed by atoms with Crippen molar-refractivity contribution < 1.29 is 19.1 Å². The lowest BCUT2D eigenvalue weighted by Gasteiger charge is -2.22. The Balaban J connectivity index is 2.37. The van der Waals surface area contributed by atoms with Crippen LogP contribution >= 0.6 is 0 Å². The zero-order valence-electron chi connectivity index (χ0n) is 12.0. The van der Waals surface area contributed by atoms with Crippen molar-refractivity contribution in [3.63, 3.8) is 0 Å². The van der Waals surface area contributed by atoms with E-state index in [-0.39, 0.29) is 17.9 Å². The molecule has 0 N–H and O–H groups in total. The minimum Gasteiger partial charge on any atom is -0.497 e. The Hall–Kier alpha value is -2.17. The summed E-state index contributed by atoms with van der Waals surface area (Å²) in [6.45, 7) is 5.26. The van der Waals surface area contributed by atoms with Crippen molar-refractivity contribution in [1.82, 2.24) is 0 Å². The molecule has 0 atom stereocenters. The van der Waals surface area contributed by atoms with Crippen LogP contribution in [0.15, 0.2) is 18.2 Å². The van der Waals surface area contributed by atoms with E-state index in [2.05, 4.69) is 0 Å². The van der Waals surface area contributed by atoms with Crippen LogP contribution in [0.2, 0.25) is 0 Å². The number of nitrogens with zero attached hydrogens (tertiary/aromatic N) is 1. The molecule has 0 aliphatic carbocycles. The molecule has 0 radical (unpaired) electrons. The molecule has 2 rings (SSSR count). The Kier molecular flexibility index (Phi) is 3.38. The molecule has 1 aliphatic heterocycles. The number of ether oxygens (including phenoxy) is 1. The predicted octanol–water partition coefficient (Wildman–Crippen LogP) is 1.84. The number of ketones is 2. The number of benzene rings is 1. The minimum atomic E-state index is -0.661. The van der Waals surface area contributed by atoms with E-state index in [1.54, 1.807) is 32.9 Å². The smallest absolute Gasteiger partial charge is 0.299 e. The molecule has 5 nitrogen and oxygen atoms in total. The standard InChI is InChI=1S/C15H17NO4/c1-15(2,3)12(17)8-16-11-6-5-9(20-4)7-10(11)13(18)14(16)19/h5-7H,8H2,1-4H3. The van der Waals surface area contributed by atoms with Gasteiger partial charge in [0.1, 0.15) is 5.75 Å². The maximum absolute atomic E-state index is 12.1. The van der Waals surface area contributed by atoms with Crippen LogP contribution < -0.4 is 9.64 Å². The number of amides is 1. The Labute approximate surface area is 117 Å². The van der Waals surface area contributed by atoms with Crippen molar-refractivity contribution in [3.8, 4) is 5.75 Å². The fourth-order valence-corrected chi connectivity index (χ4v) is 1.94. The van der Waals surface area contributed by atoms with E-state index in [4.69, 9.17) is 4.74 Å². The van der Waals surface area contributed by atoms with E-state index >= 15 is 0 Å². The number of rotatable bonds is 3. The first-order valence-electron chi connectivity index (χ1n) is 6.33. The molecule has 1 aliphatic rings. The van der Waals surface area contributed by atoms with Gasteiger partial charge < -0.3 is 4.74 Å². The van der Waals surface area contributed by atoms with Gasteiger partial charge in [-0.2, -0.15) is 0 Å². The number of fused-ring (bicyclic) bond motifs is 1. The maximum atomic E-state index is 12.1. The van der Waals surface area contributed by atoms with Crippen LogP contribution in [0.4, 0.5) is 5.69 Å². The summed E-state index contributed by atoms with van der Waals surface area (Å²) in [4.78, 5) is 37.3. The zero-order valence-corrected chi connectivity index (χ0v) is 12.0. The van der Waals surface area contributed by atoms with Gasteiger partial charge in [-0.15, -0.1) is 0 Å². The summed E-state index contributed by atoms with van der Waals surface area (Å²) in [5, 5.41) is 0. The topological polar surface area (TPSA) is 63.7 Å². The molecule has 106 valence electrons. The average Bonchev–Trinajstić information content (AvgIpc) is 2.62. The molecular weight excluding hydrogens is 258 g/mol. The normalized spacial score (nSPS) is 14.5. The molecular formula is C15H17NO4. The second-order valence-corrected chi connectivity index (χ2v) is 5.78. The highest BCUT2D eigenvalue weighted by atomic mass is 16.5. The maximum Gasteiger partial charge on any atom is 0.299 e. The molecule has 1 aromatic rings. The van der Waals surface area contributed by atoms with Crippen molar-refractivity contribution in [3.05, 3.63) is 23.8 Å². The lowest BCUT2D eigenvalue weighted by atomic mass is 9.90. The van der Waals surface area contributed by atoms with Gasteiger partial charge in [-0.1, -0.05) is 20.8 Å². The van der Waals surface area contributed by atoms with Crippen LogP contribution in [0.3, 0.4) is 0 Å². The van der Waals surface area contributed by atoms with Gasteiger partial charge in [-0.25, -0.2) is 0 Å². The molecule has 20 heavy (non-hydrogen) atoms. The summed E-state index contributed by atoms with van der Waals surface area (Å²) in [5.74, 6) is -0.845. The van der Waals surface area contributed by atoms with E-state index < -0.39 is 17.1 Å². The van der Waals surface area contributed by atoms with Gasteiger partial charge in [0.15, 0.2) is 5.78 Å². The summed E-state index contributed by atoms with van der Waals surface area (Å²) >= 11 is 0. The number of carbonyl (C=O) groups excluding carboxylic acids is 3. The van der Waals surface area contributed by atoms with Gasteiger partial charge >= 0.3 is 0 Å². The number of methoxy groups -OCH3 is 1. The number of hydrogen-bond donors (Lipinski definition) is 0. The lowest BCUT2D eigenvalue weighted by Crippen LogP contribution is -2.39. The van der Waals surface area contributed by atoms with Crippen LogP contribution in [-0.4, -0.2) is 31.1 Å². The van der Waals surface area contributed by atoms with Crippen LogP contribution in [0.25, 0.3) is 0 Å². The summed E-state index contributed by atoms with van der Waals surface area (Å²) in [7, 11) is 1.49. The number of anilines is 1. The third-order valence-electron chi connectivity index (χ3n) is 3.32. The van der Waals surface area contributed by atoms with E-state index in [9.17, 15) is 14.4 Å². The van der Waals surface area contributed by atoms with Crippen molar-refractivity contribution >= 4 is 23.2 Å². The van der Waals surface area contributed by atoms with Crippen molar-refractivity contribution in [2.24, 2.45) is 5.41 Å². The summed E-state index contributed by atoms with van der Waals surface area (Å²) in [5.41, 5.74) is 0.202. The zero-order chi connectivity index (χ0) is 15.1. The lowest BCUT2D eigenvalue weighted by molar-refractivity contribution is -0.126. The molecule has 0 saturated carbocycles. The van der Waals surface area contributed by atoms with E-state index in [1.807, 2.05) is 0 Å². The molecule has 0 bridgehead atoms. The molecule has 0 aromatic heterocycles. The Morgan fingerprint density at radius 2 is 1.90 bits per heavy atom. The predicted molar refractivity (Wildman–Crippen MR) is 74.1 cm³/mol. The molecule has 0 saturated heterocycles. The van der Waals surface area contributed by atoms with E-state index in [0.29, 0.717) is 11.4 Å². The fraction of sp³-hybridized carbons (Fsp3) is 0.400. The molecule has 1 amide bonds. The first-order valence-corrected chi connectivity index (χ1v) is 6.33. The summed E-state index contributed by atoms with van der Waals surface area (Å²) in [6.07, 6.45) is 0. The summed E-state index contributed by atoms with van der Waals surface area (Å²) < 4.78 is 5.04. The second kappa shape index (κ2) is 4.74. The third kappa shape index (κ3) is 2.31. The largest absolute Gasteiger partial charge is 0.497 e. The highest BCUT2D eigenvalue weighted by Gasteiger charge is 2.38. The molecule has 5 heteroatoms. The van der Waals surface area contributed by atoms with Gasteiger partial charge in [-0.3, -0.25) is 19.3 Å². The number of carbonyl (C=O) groups is 3. The van der Waals surface area contributed by atoms with Crippen LogP contribution in [0.5, 0.6) is 5.75 Å². The summed E-state index contributed by atoms with van der Waals surface area (Å²) in [6, 6.07) is 4.82. The van der Waals surface area contributed by atoms with Crippen LogP contribution in [0, 0.1) is 5.41 Å². The average molecular weight is 275 g/mol. The second-order valence-electron chi connectivity index (χ2n) is 5.78. The first kappa shape index (κ1) is 14.2. The minimum absolute atomic E-state index is 0.0899. The Morgan fingerprint density at radius 1 is 1.25 bits per heavy atom. The van der Waals surface area contributed by atoms with Gasteiger partial charge in [0.25, 0.3) is 11.7 Å². The fourth-order valence-electron chi connectivity index (χ4n) is 1.94. The van der Waals surface area contributed by atoms with Crippen LogP contribution in [0.1, 0.15) is 31.1 Å². The molecule has 0 unspecified atom stereocenters. The van der Waals surface area contributed by atoms with Crippen LogP contribution in [-0.2, 0) is 9.59 Å². The van der Waals surface area contributed by atoms with Gasteiger partial charge in [0, 0.05) is 5.41 Å². The van der Waals surface area contributed by atoms with Crippen molar-refractivity contribution in [1.29, 1.82) is 0 Å². The Bertz CT molecular complexity index is 598. The molecule has 0 spiro atoms. The van der Waals surface area contributed by atoms with Gasteiger partial charge in [0.2, 0.25) is 0 Å². The molecule has 1 heterocycles. The highest BCUT2D eigenvalue weighted by Crippen LogP contribution is 2.32. The van der Waals surface area contributed by atoms with Crippen molar-refractivity contribution in [2.75, 3.05) is 18.6 Å². The van der Waals surface area contributed by atoms with Gasteiger partial charge in [0.05, 0.1) is 24.9 Å². The number of hydrogen-bond acceptors (Lipinski definition) is 4. The van der Waals surface area contributed by atoms with E-state index in [1.165, 1.54) is 18.1 Å². The SMILES string of the molecule is COc1ccc2c(c1)C(=O)C(=O)N2CC(=O)C(C)(C)C. The van der Waals surface area contributed by atoms with Gasteiger partial charge in [-0.05, 0) is 18.2 Å². The molecule has 1 aromatic carbocycles. The monoisotopic (exact) mass is 275 g/mol. The molecule has 0 fully saturated rings.